The minimum atomic E-state index is 0.0844. The molecule has 1 aromatic carbocycles. The van der Waals surface area contributed by atoms with E-state index in [1.807, 2.05) is 25.2 Å². The fraction of sp³-hybridized carbons (Fsp3) is 0.500. The highest BCUT2D eigenvalue weighted by atomic mass is 16.1. The van der Waals surface area contributed by atoms with Crippen molar-refractivity contribution in [3.8, 4) is 0 Å². The maximum absolute atomic E-state index is 11.6. The van der Waals surface area contributed by atoms with E-state index in [0.29, 0.717) is 12.3 Å². The first kappa shape index (κ1) is 13.7. The Morgan fingerprint density at radius 2 is 2.12 bits per heavy atom. The van der Waals surface area contributed by atoms with Gasteiger partial charge in [-0.3, -0.25) is 4.79 Å². The predicted molar refractivity (Wildman–Crippen MR) is 72.3 cm³/mol. The normalized spacial score (nSPS) is 10.6. The van der Waals surface area contributed by atoms with Gasteiger partial charge in [0.05, 0.1) is 0 Å². The Kier molecular flexibility index (Phi) is 5.70. The average molecular weight is 234 g/mol. The molecule has 3 heteroatoms. The van der Waals surface area contributed by atoms with Crippen LogP contribution in [-0.2, 0) is 4.79 Å². The molecule has 1 amide bonds. The Hall–Kier alpha value is -1.35. The molecule has 0 unspecified atom stereocenters. The number of benzene rings is 1. The molecule has 17 heavy (non-hydrogen) atoms. The summed E-state index contributed by atoms with van der Waals surface area (Å²) in [6.07, 6.45) is 1.43. The van der Waals surface area contributed by atoms with Crippen molar-refractivity contribution in [2.75, 3.05) is 18.9 Å². The van der Waals surface area contributed by atoms with Crippen LogP contribution in [-0.4, -0.2) is 19.5 Å². The van der Waals surface area contributed by atoms with Crippen LogP contribution in [0.1, 0.15) is 38.2 Å². The van der Waals surface area contributed by atoms with E-state index < -0.39 is 0 Å². The van der Waals surface area contributed by atoms with Gasteiger partial charge in [0.25, 0.3) is 0 Å². The third kappa shape index (κ3) is 5.00. The monoisotopic (exact) mass is 234 g/mol. The zero-order valence-corrected chi connectivity index (χ0v) is 10.9. The van der Waals surface area contributed by atoms with Gasteiger partial charge < -0.3 is 10.6 Å². The lowest BCUT2D eigenvalue weighted by molar-refractivity contribution is -0.116. The molecule has 0 spiro atoms. The molecule has 0 heterocycles. The second-order valence-corrected chi connectivity index (χ2v) is 4.54. The summed E-state index contributed by atoms with van der Waals surface area (Å²) >= 11 is 0. The lowest BCUT2D eigenvalue weighted by Crippen LogP contribution is -2.15. The van der Waals surface area contributed by atoms with E-state index in [1.165, 1.54) is 5.56 Å². The van der Waals surface area contributed by atoms with Crippen LogP contribution < -0.4 is 10.6 Å². The summed E-state index contributed by atoms with van der Waals surface area (Å²) < 4.78 is 0. The predicted octanol–water partition coefficient (Wildman–Crippen LogP) is 2.75. The Labute approximate surface area is 104 Å². The lowest BCUT2D eigenvalue weighted by atomic mass is 10.0. The quantitative estimate of drug-likeness (QED) is 0.743. The Morgan fingerprint density at radius 1 is 1.35 bits per heavy atom. The number of carbonyl (C=O) groups excluding carboxylic acids is 1. The number of hydrogen-bond donors (Lipinski definition) is 2. The zero-order valence-electron chi connectivity index (χ0n) is 10.9. The van der Waals surface area contributed by atoms with E-state index >= 15 is 0 Å². The topological polar surface area (TPSA) is 41.1 Å². The van der Waals surface area contributed by atoms with Crippen LogP contribution in [0.25, 0.3) is 0 Å². The Morgan fingerprint density at radius 3 is 2.76 bits per heavy atom. The summed E-state index contributed by atoms with van der Waals surface area (Å²) in [7, 11) is 1.89. The number of amides is 1. The Balaban J connectivity index is 2.50. The van der Waals surface area contributed by atoms with Gasteiger partial charge in [-0.2, -0.15) is 0 Å². The van der Waals surface area contributed by atoms with Crippen LogP contribution in [0.2, 0.25) is 0 Å². The fourth-order valence-corrected chi connectivity index (χ4v) is 1.62. The van der Waals surface area contributed by atoms with Crippen molar-refractivity contribution in [1.82, 2.24) is 5.32 Å². The summed E-state index contributed by atoms with van der Waals surface area (Å²) in [5, 5.41) is 5.96. The molecule has 0 aliphatic carbocycles. The standard InChI is InChI=1S/C14H22N2O/c1-11(2)12-6-4-7-13(10-12)16-14(17)8-5-9-15-3/h4,6-7,10-11,15H,5,8-9H2,1-3H3,(H,16,17). The van der Waals surface area contributed by atoms with Gasteiger partial charge in [0.15, 0.2) is 0 Å². The number of nitrogens with one attached hydrogen (secondary N) is 2. The van der Waals surface area contributed by atoms with E-state index in [0.717, 1.165) is 18.7 Å². The van der Waals surface area contributed by atoms with Gasteiger partial charge in [0, 0.05) is 12.1 Å². The molecule has 0 aromatic heterocycles. The largest absolute Gasteiger partial charge is 0.326 e. The first-order chi connectivity index (χ1) is 8.13. The summed E-state index contributed by atoms with van der Waals surface area (Å²) in [5.41, 5.74) is 2.14. The Bertz CT molecular complexity index is 361. The van der Waals surface area contributed by atoms with Gasteiger partial charge in [-0.05, 0) is 43.6 Å². The maximum atomic E-state index is 11.6. The van der Waals surface area contributed by atoms with Crippen molar-refractivity contribution < 1.29 is 4.79 Å². The number of carbonyl (C=O) groups is 1. The minimum absolute atomic E-state index is 0.0844. The van der Waals surface area contributed by atoms with E-state index in [-0.39, 0.29) is 5.91 Å². The van der Waals surface area contributed by atoms with Gasteiger partial charge >= 0.3 is 0 Å². The molecule has 0 atom stereocenters. The van der Waals surface area contributed by atoms with Gasteiger partial charge in [0.2, 0.25) is 5.91 Å². The van der Waals surface area contributed by atoms with Crippen LogP contribution in [0, 0.1) is 0 Å². The molecule has 1 aromatic rings. The molecule has 0 radical (unpaired) electrons. The highest BCUT2D eigenvalue weighted by molar-refractivity contribution is 5.90. The molecule has 0 aliphatic heterocycles. The second-order valence-electron chi connectivity index (χ2n) is 4.54. The van der Waals surface area contributed by atoms with Crippen LogP contribution in [0.5, 0.6) is 0 Å². The van der Waals surface area contributed by atoms with Crippen LogP contribution >= 0.6 is 0 Å². The molecule has 94 valence electrons. The van der Waals surface area contributed by atoms with Gasteiger partial charge in [-0.15, -0.1) is 0 Å². The van der Waals surface area contributed by atoms with Gasteiger partial charge in [0.1, 0.15) is 0 Å². The third-order valence-corrected chi connectivity index (χ3v) is 2.67. The zero-order chi connectivity index (χ0) is 12.7. The molecule has 0 bridgehead atoms. The molecule has 0 fully saturated rings. The minimum Gasteiger partial charge on any atom is -0.326 e. The van der Waals surface area contributed by atoms with Gasteiger partial charge in [-0.1, -0.05) is 26.0 Å². The second kappa shape index (κ2) is 7.07. The van der Waals surface area contributed by atoms with E-state index in [4.69, 9.17) is 0 Å². The molecule has 0 saturated heterocycles. The molecule has 1 rings (SSSR count). The molecule has 0 aliphatic rings. The first-order valence-corrected chi connectivity index (χ1v) is 6.18. The van der Waals surface area contributed by atoms with Crippen molar-refractivity contribution in [2.24, 2.45) is 0 Å². The highest BCUT2D eigenvalue weighted by Gasteiger charge is 2.04. The van der Waals surface area contributed by atoms with Crippen molar-refractivity contribution in [2.45, 2.75) is 32.6 Å². The van der Waals surface area contributed by atoms with E-state index in [2.05, 4.69) is 30.5 Å². The number of rotatable bonds is 6. The SMILES string of the molecule is CNCCCC(=O)Nc1cccc(C(C)C)c1. The van der Waals surface area contributed by atoms with E-state index in [9.17, 15) is 4.79 Å². The lowest BCUT2D eigenvalue weighted by Gasteiger charge is -2.09. The summed E-state index contributed by atoms with van der Waals surface area (Å²) in [5.74, 6) is 0.567. The van der Waals surface area contributed by atoms with Crippen molar-refractivity contribution in [3.63, 3.8) is 0 Å². The average Bonchev–Trinajstić information content (AvgIpc) is 2.29. The molecule has 3 nitrogen and oxygen atoms in total. The molecular weight excluding hydrogens is 212 g/mol. The third-order valence-electron chi connectivity index (χ3n) is 2.67. The number of anilines is 1. The fourth-order valence-electron chi connectivity index (χ4n) is 1.62. The molecule has 0 saturated carbocycles. The van der Waals surface area contributed by atoms with Crippen LogP contribution in [0.4, 0.5) is 5.69 Å². The van der Waals surface area contributed by atoms with Crippen LogP contribution in [0.15, 0.2) is 24.3 Å². The summed E-state index contributed by atoms with van der Waals surface area (Å²) in [6.45, 7) is 5.17. The summed E-state index contributed by atoms with van der Waals surface area (Å²) in [4.78, 5) is 11.6. The first-order valence-electron chi connectivity index (χ1n) is 6.18. The highest BCUT2D eigenvalue weighted by Crippen LogP contribution is 2.18. The van der Waals surface area contributed by atoms with Crippen molar-refractivity contribution in [1.29, 1.82) is 0 Å². The number of hydrogen-bond acceptors (Lipinski definition) is 2. The molecular formula is C14H22N2O. The van der Waals surface area contributed by atoms with Crippen molar-refractivity contribution in [3.05, 3.63) is 29.8 Å². The van der Waals surface area contributed by atoms with Gasteiger partial charge in [-0.25, -0.2) is 0 Å². The maximum Gasteiger partial charge on any atom is 0.224 e. The summed E-state index contributed by atoms with van der Waals surface area (Å²) in [6, 6.07) is 8.04. The smallest absolute Gasteiger partial charge is 0.224 e. The van der Waals surface area contributed by atoms with Crippen molar-refractivity contribution >= 4 is 11.6 Å². The van der Waals surface area contributed by atoms with E-state index in [1.54, 1.807) is 0 Å². The molecule has 2 N–H and O–H groups in total. The van der Waals surface area contributed by atoms with Crippen LogP contribution in [0.3, 0.4) is 0 Å².